The van der Waals surface area contributed by atoms with Crippen LogP contribution in [0.4, 0.5) is 0 Å². The molecule has 0 atom stereocenters. The zero-order chi connectivity index (χ0) is 14.1. The zero-order valence-corrected chi connectivity index (χ0v) is 13.2. The molecule has 0 unspecified atom stereocenters. The fraction of sp³-hybridized carbons (Fsp3) is 0.667. The van der Waals surface area contributed by atoms with Crippen molar-refractivity contribution in [3.8, 4) is 0 Å². The number of nitrogens with one attached hydrogen (secondary N) is 1. The normalized spacial score (nSPS) is 11.5. The van der Waals surface area contributed by atoms with E-state index in [1.165, 1.54) is 30.4 Å². The first kappa shape index (κ1) is 16.2. The quantitative estimate of drug-likeness (QED) is 0.647. The molecule has 0 aromatic heterocycles. The molecule has 0 aliphatic rings. The zero-order valence-electron chi connectivity index (χ0n) is 13.2. The molecule has 1 heteroatoms. The molecule has 1 nitrogen and oxygen atoms in total. The van der Waals surface area contributed by atoms with Gasteiger partial charge in [0.1, 0.15) is 0 Å². The van der Waals surface area contributed by atoms with E-state index >= 15 is 0 Å². The molecule has 0 amide bonds. The lowest BCUT2D eigenvalue weighted by Gasteiger charge is -2.08. The smallest absolute Gasteiger partial charge is 0.000824 e. The highest BCUT2D eigenvalue weighted by Crippen LogP contribution is 2.11. The summed E-state index contributed by atoms with van der Waals surface area (Å²) in [6.07, 6.45) is 5.01. The van der Waals surface area contributed by atoms with Crippen LogP contribution in [-0.4, -0.2) is 13.1 Å². The van der Waals surface area contributed by atoms with E-state index in [0.29, 0.717) is 0 Å². The summed E-state index contributed by atoms with van der Waals surface area (Å²) in [5, 5.41) is 3.49. The number of hydrogen-bond donors (Lipinski definition) is 1. The Hall–Kier alpha value is -0.820. The van der Waals surface area contributed by atoms with Gasteiger partial charge in [0.25, 0.3) is 0 Å². The summed E-state index contributed by atoms with van der Waals surface area (Å²) in [6.45, 7) is 11.3. The van der Waals surface area contributed by atoms with Crippen LogP contribution in [0.25, 0.3) is 0 Å². The molecule has 0 radical (unpaired) electrons. The molecule has 0 fully saturated rings. The largest absolute Gasteiger partial charge is 0.316 e. The summed E-state index contributed by atoms with van der Waals surface area (Å²) in [5.74, 6) is 1.56. The van der Waals surface area contributed by atoms with Gasteiger partial charge >= 0.3 is 0 Å². The van der Waals surface area contributed by atoms with E-state index in [1.807, 2.05) is 0 Å². The highest BCUT2D eigenvalue weighted by Gasteiger charge is 1.98. The van der Waals surface area contributed by atoms with Crippen molar-refractivity contribution in [3.05, 3.63) is 35.4 Å². The van der Waals surface area contributed by atoms with Crippen molar-refractivity contribution in [1.29, 1.82) is 0 Å². The van der Waals surface area contributed by atoms with Gasteiger partial charge in [0.2, 0.25) is 0 Å². The molecular weight excluding hydrogens is 230 g/mol. The summed E-state index contributed by atoms with van der Waals surface area (Å²) >= 11 is 0. The van der Waals surface area contributed by atoms with Gasteiger partial charge in [-0.2, -0.15) is 0 Å². The van der Waals surface area contributed by atoms with Gasteiger partial charge in [-0.05, 0) is 55.3 Å². The van der Waals surface area contributed by atoms with Crippen molar-refractivity contribution in [2.24, 2.45) is 11.8 Å². The SMILES string of the molecule is CC(C)CCCc1ccc(CCNCC(C)C)cc1. The molecule has 1 aromatic carbocycles. The Morgan fingerprint density at radius 3 is 1.95 bits per heavy atom. The third-order valence-corrected chi connectivity index (χ3v) is 3.41. The number of benzene rings is 1. The molecule has 0 spiro atoms. The van der Waals surface area contributed by atoms with Crippen LogP contribution in [0.5, 0.6) is 0 Å². The fourth-order valence-corrected chi connectivity index (χ4v) is 2.21. The maximum absolute atomic E-state index is 3.49. The van der Waals surface area contributed by atoms with Crippen molar-refractivity contribution < 1.29 is 0 Å². The standard InChI is InChI=1S/C18H31N/c1-15(2)6-5-7-17-8-10-18(11-9-17)12-13-19-14-16(3)4/h8-11,15-16,19H,5-7,12-14H2,1-4H3. The molecule has 19 heavy (non-hydrogen) atoms. The summed E-state index contributed by atoms with van der Waals surface area (Å²) in [7, 11) is 0. The maximum Gasteiger partial charge on any atom is -0.000824 e. The Morgan fingerprint density at radius 1 is 0.842 bits per heavy atom. The fourth-order valence-electron chi connectivity index (χ4n) is 2.21. The predicted molar refractivity (Wildman–Crippen MR) is 85.6 cm³/mol. The lowest BCUT2D eigenvalue weighted by molar-refractivity contribution is 0.553. The minimum Gasteiger partial charge on any atom is -0.316 e. The summed E-state index contributed by atoms with van der Waals surface area (Å²) in [4.78, 5) is 0. The highest BCUT2D eigenvalue weighted by atomic mass is 14.8. The van der Waals surface area contributed by atoms with Crippen LogP contribution in [-0.2, 0) is 12.8 Å². The first-order valence-electron chi connectivity index (χ1n) is 7.86. The Labute approximate surface area is 119 Å². The number of hydrogen-bond acceptors (Lipinski definition) is 1. The predicted octanol–water partition coefficient (Wildman–Crippen LogP) is 4.45. The minimum atomic E-state index is 0.739. The van der Waals surface area contributed by atoms with E-state index < -0.39 is 0 Å². The van der Waals surface area contributed by atoms with Crippen LogP contribution in [0.2, 0.25) is 0 Å². The van der Waals surface area contributed by atoms with E-state index in [4.69, 9.17) is 0 Å². The Balaban J connectivity index is 2.23. The van der Waals surface area contributed by atoms with Gasteiger partial charge in [-0.15, -0.1) is 0 Å². The monoisotopic (exact) mass is 261 g/mol. The van der Waals surface area contributed by atoms with Crippen molar-refractivity contribution in [2.75, 3.05) is 13.1 Å². The van der Waals surface area contributed by atoms with Crippen LogP contribution < -0.4 is 5.32 Å². The van der Waals surface area contributed by atoms with Gasteiger partial charge in [-0.1, -0.05) is 58.4 Å². The first-order chi connectivity index (χ1) is 9.08. The van der Waals surface area contributed by atoms with Gasteiger partial charge < -0.3 is 5.32 Å². The molecule has 0 saturated heterocycles. The molecule has 1 N–H and O–H groups in total. The maximum atomic E-state index is 3.49. The van der Waals surface area contributed by atoms with Gasteiger partial charge in [0.05, 0.1) is 0 Å². The summed E-state index contributed by atoms with van der Waals surface area (Å²) < 4.78 is 0. The van der Waals surface area contributed by atoms with Crippen LogP contribution in [0, 0.1) is 11.8 Å². The van der Waals surface area contributed by atoms with Crippen LogP contribution in [0.15, 0.2) is 24.3 Å². The van der Waals surface area contributed by atoms with E-state index in [1.54, 1.807) is 0 Å². The van der Waals surface area contributed by atoms with Crippen molar-refractivity contribution in [3.63, 3.8) is 0 Å². The Morgan fingerprint density at radius 2 is 1.42 bits per heavy atom. The highest BCUT2D eigenvalue weighted by molar-refractivity contribution is 5.22. The summed E-state index contributed by atoms with van der Waals surface area (Å²) in [5.41, 5.74) is 2.93. The summed E-state index contributed by atoms with van der Waals surface area (Å²) in [6, 6.07) is 9.19. The van der Waals surface area contributed by atoms with Crippen molar-refractivity contribution in [1.82, 2.24) is 5.32 Å². The molecule has 1 aromatic rings. The van der Waals surface area contributed by atoms with E-state index in [2.05, 4.69) is 57.3 Å². The van der Waals surface area contributed by atoms with Gasteiger partial charge in [0, 0.05) is 0 Å². The third kappa shape index (κ3) is 8.05. The Bertz CT molecular complexity index is 324. The molecule has 0 heterocycles. The molecule has 0 bridgehead atoms. The minimum absolute atomic E-state index is 0.739. The van der Waals surface area contributed by atoms with Crippen LogP contribution >= 0.6 is 0 Å². The second-order valence-electron chi connectivity index (χ2n) is 6.45. The lowest BCUT2D eigenvalue weighted by Crippen LogP contribution is -2.22. The lowest BCUT2D eigenvalue weighted by atomic mass is 10.0. The second-order valence-corrected chi connectivity index (χ2v) is 6.45. The second kappa shape index (κ2) is 9.14. The molecule has 108 valence electrons. The van der Waals surface area contributed by atoms with Crippen LogP contribution in [0.3, 0.4) is 0 Å². The van der Waals surface area contributed by atoms with E-state index in [0.717, 1.165) is 31.3 Å². The molecule has 0 aliphatic heterocycles. The first-order valence-corrected chi connectivity index (χ1v) is 7.86. The van der Waals surface area contributed by atoms with Crippen LogP contribution in [0.1, 0.15) is 51.7 Å². The van der Waals surface area contributed by atoms with Gasteiger partial charge in [-0.3, -0.25) is 0 Å². The van der Waals surface area contributed by atoms with Gasteiger partial charge in [0.15, 0.2) is 0 Å². The molecule has 1 rings (SSSR count). The van der Waals surface area contributed by atoms with E-state index in [-0.39, 0.29) is 0 Å². The van der Waals surface area contributed by atoms with Crippen molar-refractivity contribution >= 4 is 0 Å². The average molecular weight is 261 g/mol. The molecular formula is C18H31N. The number of aryl methyl sites for hydroxylation is 1. The molecule has 0 saturated carbocycles. The third-order valence-electron chi connectivity index (χ3n) is 3.41. The van der Waals surface area contributed by atoms with Crippen molar-refractivity contribution in [2.45, 2.75) is 53.4 Å². The Kier molecular flexibility index (Phi) is 7.81. The number of rotatable bonds is 9. The van der Waals surface area contributed by atoms with Gasteiger partial charge in [-0.25, -0.2) is 0 Å². The topological polar surface area (TPSA) is 12.0 Å². The molecule has 0 aliphatic carbocycles. The van der Waals surface area contributed by atoms with E-state index in [9.17, 15) is 0 Å². The average Bonchev–Trinajstić information content (AvgIpc) is 2.36.